The third kappa shape index (κ3) is 4.34. The fourth-order valence-electron chi connectivity index (χ4n) is 1.90. The average molecular weight is 302 g/mol. The molecule has 22 heavy (non-hydrogen) atoms. The number of ether oxygens (including phenoxy) is 1. The molecule has 2 aromatic rings. The van der Waals surface area contributed by atoms with Gasteiger partial charge in [0.05, 0.1) is 19.0 Å². The van der Waals surface area contributed by atoms with Crippen molar-refractivity contribution in [2.24, 2.45) is 0 Å². The number of nitrogens with one attached hydrogen (secondary N) is 1. The van der Waals surface area contributed by atoms with Crippen molar-refractivity contribution in [3.8, 4) is 5.75 Å². The number of aliphatic carboxylic acids is 1. The third-order valence-corrected chi connectivity index (χ3v) is 2.99. The van der Waals surface area contributed by atoms with Gasteiger partial charge in [-0.1, -0.05) is 6.07 Å². The highest BCUT2D eigenvalue weighted by Gasteiger charge is 2.08. The second-order valence-corrected chi connectivity index (χ2v) is 4.65. The summed E-state index contributed by atoms with van der Waals surface area (Å²) in [6.07, 6.45) is 3.56. The smallest absolute Gasteiger partial charge is 0.255 e. The molecule has 7 nitrogen and oxygen atoms in total. The van der Waals surface area contributed by atoms with E-state index < -0.39 is 5.97 Å². The van der Waals surface area contributed by atoms with E-state index in [1.165, 1.54) is 13.3 Å². The molecule has 0 aliphatic carbocycles. The van der Waals surface area contributed by atoms with Crippen LogP contribution in [-0.2, 0) is 11.3 Å². The van der Waals surface area contributed by atoms with Gasteiger partial charge in [-0.2, -0.15) is 5.10 Å². The fourth-order valence-corrected chi connectivity index (χ4v) is 1.90. The molecule has 0 spiro atoms. The van der Waals surface area contributed by atoms with Crippen molar-refractivity contribution >= 4 is 17.6 Å². The topological polar surface area (TPSA) is 96.3 Å². The molecule has 1 N–H and O–H groups in total. The number of carboxylic acids is 1. The maximum absolute atomic E-state index is 12.1. The van der Waals surface area contributed by atoms with Gasteiger partial charge in [0.2, 0.25) is 0 Å². The van der Waals surface area contributed by atoms with Gasteiger partial charge >= 0.3 is 0 Å². The van der Waals surface area contributed by atoms with Crippen molar-refractivity contribution in [3.05, 3.63) is 42.2 Å². The Morgan fingerprint density at radius 3 is 2.95 bits per heavy atom. The largest absolute Gasteiger partial charge is 0.550 e. The lowest BCUT2D eigenvalue weighted by Crippen LogP contribution is -2.22. The number of carboxylic acid groups (broad SMARTS) is 1. The summed E-state index contributed by atoms with van der Waals surface area (Å²) >= 11 is 0. The summed E-state index contributed by atoms with van der Waals surface area (Å²) in [4.78, 5) is 22.4. The molecular weight excluding hydrogens is 286 g/mol. The first-order valence-corrected chi connectivity index (χ1v) is 6.76. The van der Waals surface area contributed by atoms with Crippen LogP contribution >= 0.6 is 0 Å². The van der Waals surface area contributed by atoms with Crippen LogP contribution in [0.1, 0.15) is 23.2 Å². The van der Waals surface area contributed by atoms with E-state index in [1.807, 2.05) is 0 Å². The number of benzene rings is 1. The Bertz CT molecular complexity index is 666. The molecule has 2 rings (SSSR count). The number of methoxy groups -OCH3 is 1. The first kappa shape index (κ1) is 15.6. The van der Waals surface area contributed by atoms with E-state index in [-0.39, 0.29) is 12.3 Å². The predicted octanol–water partition coefficient (Wildman–Crippen LogP) is 0.674. The van der Waals surface area contributed by atoms with Crippen LogP contribution in [0.3, 0.4) is 0 Å². The molecule has 0 bridgehead atoms. The summed E-state index contributed by atoms with van der Waals surface area (Å²) in [5, 5.41) is 17.1. The van der Waals surface area contributed by atoms with Crippen LogP contribution in [0.5, 0.6) is 5.75 Å². The fraction of sp³-hybridized carbons (Fsp3) is 0.267. The number of aromatic nitrogens is 2. The molecule has 0 fully saturated rings. The molecule has 1 amide bonds. The number of carbonyl (C=O) groups is 2. The average Bonchev–Trinajstić information content (AvgIpc) is 2.94. The lowest BCUT2D eigenvalue weighted by Gasteiger charge is -2.05. The zero-order valence-electron chi connectivity index (χ0n) is 12.1. The SMILES string of the molecule is COc1cccc(C(=O)Nc2cnn(CCCC(=O)[O-])c2)c1. The Morgan fingerprint density at radius 2 is 2.23 bits per heavy atom. The molecule has 0 aliphatic heterocycles. The summed E-state index contributed by atoms with van der Waals surface area (Å²) in [6, 6.07) is 6.81. The Balaban J connectivity index is 1.94. The van der Waals surface area contributed by atoms with Crippen LogP contribution in [-0.4, -0.2) is 28.8 Å². The maximum Gasteiger partial charge on any atom is 0.255 e. The monoisotopic (exact) mass is 302 g/mol. The summed E-state index contributed by atoms with van der Waals surface area (Å²) < 4.78 is 6.65. The van der Waals surface area contributed by atoms with Crippen molar-refractivity contribution in [3.63, 3.8) is 0 Å². The number of hydrogen-bond acceptors (Lipinski definition) is 5. The second-order valence-electron chi connectivity index (χ2n) is 4.65. The van der Waals surface area contributed by atoms with Crippen molar-refractivity contribution in [1.29, 1.82) is 0 Å². The van der Waals surface area contributed by atoms with Crippen LogP contribution in [0.4, 0.5) is 5.69 Å². The van der Waals surface area contributed by atoms with E-state index in [9.17, 15) is 14.7 Å². The first-order valence-electron chi connectivity index (χ1n) is 6.76. The minimum absolute atomic E-state index is 0.0225. The minimum atomic E-state index is -1.08. The van der Waals surface area contributed by atoms with Crippen molar-refractivity contribution in [2.75, 3.05) is 12.4 Å². The summed E-state index contributed by atoms with van der Waals surface area (Å²) in [5.41, 5.74) is 1.02. The molecule has 0 unspecified atom stereocenters. The number of rotatable bonds is 7. The van der Waals surface area contributed by atoms with Crippen LogP contribution in [0.25, 0.3) is 0 Å². The summed E-state index contributed by atoms with van der Waals surface area (Å²) in [5.74, 6) is -0.752. The van der Waals surface area contributed by atoms with Gasteiger partial charge in [-0.25, -0.2) is 0 Å². The van der Waals surface area contributed by atoms with Crippen LogP contribution in [0, 0.1) is 0 Å². The van der Waals surface area contributed by atoms with Crippen LogP contribution < -0.4 is 15.2 Å². The van der Waals surface area contributed by atoms with Gasteiger partial charge in [0, 0.05) is 24.3 Å². The number of nitrogens with zero attached hydrogens (tertiary/aromatic N) is 2. The van der Waals surface area contributed by atoms with Crippen LogP contribution in [0.15, 0.2) is 36.7 Å². The normalized spacial score (nSPS) is 10.2. The number of aryl methyl sites for hydroxylation is 1. The van der Waals surface area contributed by atoms with Gasteiger partial charge in [0.15, 0.2) is 0 Å². The third-order valence-electron chi connectivity index (χ3n) is 2.99. The quantitative estimate of drug-likeness (QED) is 0.811. The molecule has 0 saturated carbocycles. The van der Waals surface area contributed by atoms with E-state index in [1.54, 1.807) is 35.1 Å². The van der Waals surface area contributed by atoms with E-state index in [0.29, 0.717) is 30.0 Å². The van der Waals surface area contributed by atoms with Gasteiger partial charge < -0.3 is 20.0 Å². The number of hydrogen-bond donors (Lipinski definition) is 1. The van der Waals surface area contributed by atoms with Gasteiger partial charge in [0.1, 0.15) is 5.75 Å². The van der Waals surface area contributed by atoms with Gasteiger partial charge in [-0.3, -0.25) is 9.48 Å². The molecule has 0 aliphatic rings. The summed E-state index contributed by atoms with van der Waals surface area (Å²) in [6.45, 7) is 0.447. The Kier molecular flexibility index (Phi) is 5.13. The van der Waals surface area contributed by atoms with Gasteiger partial charge in [0.25, 0.3) is 5.91 Å². The Labute approximate surface area is 127 Å². The number of carbonyl (C=O) groups excluding carboxylic acids is 2. The Hall–Kier alpha value is -2.83. The van der Waals surface area contributed by atoms with Crippen molar-refractivity contribution < 1.29 is 19.4 Å². The standard InChI is InChI=1S/C15H17N3O4/c1-22-13-5-2-4-11(8-13)15(21)17-12-9-16-18(10-12)7-3-6-14(19)20/h2,4-5,8-10H,3,6-7H2,1H3,(H,17,21)(H,19,20)/p-1. The zero-order valence-corrected chi connectivity index (χ0v) is 12.1. The number of anilines is 1. The van der Waals surface area contributed by atoms with Crippen LogP contribution in [0.2, 0.25) is 0 Å². The molecule has 7 heteroatoms. The highest BCUT2D eigenvalue weighted by molar-refractivity contribution is 6.04. The van der Waals surface area contributed by atoms with Crippen molar-refractivity contribution in [1.82, 2.24) is 9.78 Å². The molecule has 1 heterocycles. The maximum atomic E-state index is 12.1. The highest BCUT2D eigenvalue weighted by Crippen LogP contribution is 2.14. The highest BCUT2D eigenvalue weighted by atomic mass is 16.5. The van der Waals surface area contributed by atoms with E-state index in [4.69, 9.17) is 4.74 Å². The lowest BCUT2D eigenvalue weighted by molar-refractivity contribution is -0.305. The lowest BCUT2D eigenvalue weighted by atomic mass is 10.2. The molecule has 0 saturated heterocycles. The Morgan fingerprint density at radius 1 is 1.41 bits per heavy atom. The van der Waals surface area contributed by atoms with Crippen molar-refractivity contribution in [2.45, 2.75) is 19.4 Å². The van der Waals surface area contributed by atoms with Gasteiger partial charge in [-0.05, 0) is 31.0 Å². The second kappa shape index (κ2) is 7.26. The van der Waals surface area contributed by atoms with E-state index in [2.05, 4.69) is 10.4 Å². The molecule has 0 radical (unpaired) electrons. The van der Waals surface area contributed by atoms with E-state index in [0.717, 1.165) is 0 Å². The molecule has 0 atom stereocenters. The first-order chi connectivity index (χ1) is 10.6. The molecule has 116 valence electrons. The molecular formula is C15H16N3O4-. The predicted molar refractivity (Wildman–Crippen MR) is 77.4 cm³/mol. The minimum Gasteiger partial charge on any atom is -0.550 e. The van der Waals surface area contributed by atoms with E-state index >= 15 is 0 Å². The molecule has 1 aromatic heterocycles. The van der Waals surface area contributed by atoms with Gasteiger partial charge in [-0.15, -0.1) is 0 Å². The number of amides is 1. The zero-order chi connectivity index (χ0) is 15.9. The summed E-state index contributed by atoms with van der Waals surface area (Å²) in [7, 11) is 1.54. The molecule has 1 aromatic carbocycles.